The molecule has 1 aliphatic rings. The summed E-state index contributed by atoms with van der Waals surface area (Å²) in [5.41, 5.74) is 7.77. The maximum Gasteiger partial charge on any atom is 0.268 e. The Morgan fingerprint density at radius 2 is 1.92 bits per heavy atom. The standard InChI is InChI=1S/C21H26N2O2/c1-2-17-8-6-7-11-19(17)25-20(18-9-4-3-5-10-18)21(24)23-13-12-16(14-22)15-23/h3-11,16,20H,2,12-15,22H2,1H3. The van der Waals surface area contributed by atoms with E-state index >= 15 is 0 Å². The molecule has 0 aliphatic carbocycles. The number of amides is 1. The molecule has 0 radical (unpaired) electrons. The van der Waals surface area contributed by atoms with E-state index < -0.39 is 6.10 Å². The van der Waals surface area contributed by atoms with Crippen LogP contribution in [0, 0.1) is 5.92 Å². The fourth-order valence-electron chi connectivity index (χ4n) is 3.32. The Bertz CT molecular complexity index is 702. The molecular formula is C21H26N2O2. The molecule has 132 valence electrons. The molecule has 1 amide bonds. The van der Waals surface area contributed by atoms with Crippen LogP contribution in [0.25, 0.3) is 0 Å². The van der Waals surface area contributed by atoms with Gasteiger partial charge in [-0.05, 0) is 36.9 Å². The molecule has 1 fully saturated rings. The van der Waals surface area contributed by atoms with E-state index in [1.807, 2.05) is 59.5 Å². The molecule has 3 rings (SSSR count). The minimum Gasteiger partial charge on any atom is -0.476 e. The summed E-state index contributed by atoms with van der Waals surface area (Å²) < 4.78 is 6.24. The number of benzene rings is 2. The van der Waals surface area contributed by atoms with Crippen molar-refractivity contribution in [2.75, 3.05) is 19.6 Å². The fraction of sp³-hybridized carbons (Fsp3) is 0.381. The number of hydrogen-bond donors (Lipinski definition) is 1. The van der Waals surface area contributed by atoms with Crippen LogP contribution >= 0.6 is 0 Å². The lowest BCUT2D eigenvalue weighted by Crippen LogP contribution is -2.36. The van der Waals surface area contributed by atoms with Gasteiger partial charge in [-0.3, -0.25) is 4.79 Å². The van der Waals surface area contributed by atoms with Crippen LogP contribution in [0.2, 0.25) is 0 Å². The minimum atomic E-state index is -0.620. The molecule has 1 saturated heterocycles. The van der Waals surface area contributed by atoms with Gasteiger partial charge in [0.15, 0.2) is 0 Å². The van der Waals surface area contributed by atoms with Crippen molar-refractivity contribution in [2.24, 2.45) is 11.7 Å². The van der Waals surface area contributed by atoms with E-state index in [9.17, 15) is 4.79 Å². The lowest BCUT2D eigenvalue weighted by molar-refractivity contribution is -0.138. The number of rotatable bonds is 6. The van der Waals surface area contributed by atoms with Crippen molar-refractivity contribution in [1.29, 1.82) is 0 Å². The van der Waals surface area contributed by atoms with E-state index in [0.717, 1.165) is 42.8 Å². The normalized spacial score (nSPS) is 18.2. The molecule has 0 saturated carbocycles. The topological polar surface area (TPSA) is 55.6 Å². The summed E-state index contributed by atoms with van der Waals surface area (Å²) in [5, 5.41) is 0. The molecule has 2 unspecified atom stereocenters. The SMILES string of the molecule is CCc1ccccc1OC(C(=O)N1CCC(CN)C1)c1ccccc1. The Morgan fingerprint density at radius 3 is 2.60 bits per heavy atom. The van der Waals surface area contributed by atoms with Crippen molar-refractivity contribution in [3.63, 3.8) is 0 Å². The zero-order chi connectivity index (χ0) is 17.6. The monoisotopic (exact) mass is 338 g/mol. The van der Waals surface area contributed by atoms with Crippen LogP contribution in [0.3, 0.4) is 0 Å². The fourth-order valence-corrected chi connectivity index (χ4v) is 3.32. The van der Waals surface area contributed by atoms with Gasteiger partial charge in [-0.15, -0.1) is 0 Å². The Morgan fingerprint density at radius 1 is 1.20 bits per heavy atom. The van der Waals surface area contributed by atoms with E-state index in [1.165, 1.54) is 0 Å². The number of aryl methyl sites for hydroxylation is 1. The number of hydrogen-bond acceptors (Lipinski definition) is 3. The molecule has 2 N–H and O–H groups in total. The van der Waals surface area contributed by atoms with E-state index in [-0.39, 0.29) is 5.91 Å². The van der Waals surface area contributed by atoms with Crippen LogP contribution in [0.1, 0.15) is 30.6 Å². The lowest BCUT2D eigenvalue weighted by Gasteiger charge is -2.25. The third-order valence-electron chi connectivity index (χ3n) is 4.86. The molecule has 0 aromatic heterocycles. The van der Waals surface area contributed by atoms with Crippen LogP contribution in [-0.4, -0.2) is 30.4 Å². The van der Waals surface area contributed by atoms with Crippen LogP contribution in [0.4, 0.5) is 0 Å². The first kappa shape index (κ1) is 17.5. The van der Waals surface area contributed by atoms with Crippen LogP contribution in [0.15, 0.2) is 54.6 Å². The number of ether oxygens (including phenoxy) is 1. The van der Waals surface area contributed by atoms with Gasteiger partial charge in [-0.1, -0.05) is 55.5 Å². The second-order valence-electron chi connectivity index (χ2n) is 6.54. The predicted octanol–water partition coefficient (Wildman–Crippen LogP) is 3.18. The lowest BCUT2D eigenvalue weighted by atomic mass is 10.1. The van der Waals surface area contributed by atoms with Gasteiger partial charge in [0.05, 0.1) is 0 Å². The first-order chi connectivity index (χ1) is 12.2. The zero-order valence-corrected chi connectivity index (χ0v) is 14.7. The number of para-hydroxylation sites is 1. The van der Waals surface area contributed by atoms with Crippen LogP contribution in [0.5, 0.6) is 5.75 Å². The highest BCUT2D eigenvalue weighted by Gasteiger charge is 2.32. The van der Waals surface area contributed by atoms with Gasteiger partial charge in [-0.25, -0.2) is 0 Å². The molecule has 2 aromatic carbocycles. The van der Waals surface area contributed by atoms with Crippen molar-refractivity contribution in [3.8, 4) is 5.75 Å². The quantitative estimate of drug-likeness (QED) is 0.880. The Hall–Kier alpha value is -2.33. The number of carbonyl (C=O) groups excluding carboxylic acids is 1. The number of nitrogens with zero attached hydrogens (tertiary/aromatic N) is 1. The van der Waals surface area contributed by atoms with Crippen LogP contribution < -0.4 is 10.5 Å². The van der Waals surface area contributed by atoms with Gasteiger partial charge in [-0.2, -0.15) is 0 Å². The Balaban J connectivity index is 1.87. The van der Waals surface area contributed by atoms with Crippen molar-refractivity contribution < 1.29 is 9.53 Å². The van der Waals surface area contributed by atoms with Crippen molar-refractivity contribution in [3.05, 3.63) is 65.7 Å². The molecule has 2 atom stereocenters. The third kappa shape index (κ3) is 4.02. The highest BCUT2D eigenvalue weighted by atomic mass is 16.5. The Kier molecular flexibility index (Phi) is 5.71. The summed E-state index contributed by atoms with van der Waals surface area (Å²) in [6.07, 6.45) is 1.21. The maximum atomic E-state index is 13.2. The highest BCUT2D eigenvalue weighted by molar-refractivity contribution is 5.83. The van der Waals surface area contributed by atoms with E-state index in [0.29, 0.717) is 12.5 Å². The molecule has 0 spiro atoms. The molecule has 1 aliphatic heterocycles. The molecule has 25 heavy (non-hydrogen) atoms. The molecule has 4 heteroatoms. The van der Waals surface area contributed by atoms with Crippen molar-refractivity contribution in [1.82, 2.24) is 4.90 Å². The number of nitrogens with two attached hydrogens (primary N) is 1. The van der Waals surface area contributed by atoms with E-state index in [4.69, 9.17) is 10.5 Å². The Labute approximate surface area is 149 Å². The zero-order valence-electron chi connectivity index (χ0n) is 14.7. The molecular weight excluding hydrogens is 312 g/mol. The summed E-state index contributed by atoms with van der Waals surface area (Å²) in [6.45, 7) is 4.19. The average Bonchev–Trinajstić information content (AvgIpc) is 3.16. The van der Waals surface area contributed by atoms with Gasteiger partial charge in [0.2, 0.25) is 6.10 Å². The van der Waals surface area contributed by atoms with E-state index in [1.54, 1.807) is 0 Å². The number of likely N-dealkylation sites (tertiary alicyclic amines) is 1. The summed E-state index contributed by atoms with van der Waals surface area (Å²) in [5.74, 6) is 1.19. The summed E-state index contributed by atoms with van der Waals surface area (Å²) >= 11 is 0. The van der Waals surface area contributed by atoms with Gasteiger partial charge >= 0.3 is 0 Å². The smallest absolute Gasteiger partial charge is 0.268 e. The van der Waals surface area contributed by atoms with Crippen molar-refractivity contribution in [2.45, 2.75) is 25.9 Å². The molecule has 4 nitrogen and oxygen atoms in total. The third-order valence-corrected chi connectivity index (χ3v) is 4.86. The van der Waals surface area contributed by atoms with Gasteiger partial charge in [0.25, 0.3) is 5.91 Å². The van der Waals surface area contributed by atoms with Crippen molar-refractivity contribution >= 4 is 5.91 Å². The summed E-state index contributed by atoms with van der Waals surface area (Å²) in [4.78, 5) is 15.1. The van der Waals surface area contributed by atoms with Gasteiger partial charge in [0, 0.05) is 18.7 Å². The maximum absolute atomic E-state index is 13.2. The summed E-state index contributed by atoms with van der Waals surface area (Å²) in [7, 11) is 0. The number of carbonyl (C=O) groups is 1. The second kappa shape index (κ2) is 8.17. The highest BCUT2D eigenvalue weighted by Crippen LogP contribution is 2.29. The minimum absolute atomic E-state index is 0.0213. The van der Waals surface area contributed by atoms with Crippen LogP contribution in [-0.2, 0) is 11.2 Å². The first-order valence-corrected chi connectivity index (χ1v) is 9.01. The van der Waals surface area contributed by atoms with Gasteiger partial charge in [0.1, 0.15) is 5.75 Å². The average molecular weight is 338 g/mol. The largest absolute Gasteiger partial charge is 0.476 e. The second-order valence-corrected chi connectivity index (χ2v) is 6.54. The first-order valence-electron chi connectivity index (χ1n) is 9.01. The molecule has 0 bridgehead atoms. The molecule has 1 heterocycles. The summed E-state index contributed by atoms with van der Waals surface area (Å²) in [6, 6.07) is 17.7. The predicted molar refractivity (Wildman–Crippen MR) is 99.4 cm³/mol. The van der Waals surface area contributed by atoms with E-state index in [2.05, 4.69) is 6.92 Å². The van der Waals surface area contributed by atoms with Gasteiger partial charge < -0.3 is 15.4 Å². The molecule has 2 aromatic rings.